The Kier molecular flexibility index (Phi) is 6.50. The molecule has 2 heterocycles. The van der Waals surface area contributed by atoms with Gasteiger partial charge in [-0.15, -0.1) is 0 Å². The summed E-state index contributed by atoms with van der Waals surface area (Å²) in [4.78, 5) is 15.2. The van der Waals surface area contributed by atoms with Crippen molar-refractivity contribution in [2.24, 2.45) is 11.8 Å². The molecule has 0 spiro atoms. The molecule has 0 unspecified atom stereocenters. The van der Waals surface area contributed by atoms with Crippen molar-refractivity contribution in [1.29, 1.82) is 0 Å². The standard InChI is InChI=1S/C25H32N2O2/c1-19-9-10-24-23(16-19)26-25(28)17-21-11-14-27(18-22(21)12-15-29-24)13-5-8-20-6-3-2-4-7-20/h2-4,6-7,9-10,16,21-22H,5,8,11-15,17-18H2,1H3,(H,26,28)/t21-,22-/m0/s1. The molecule has 4 nitrogen and oxygen atoms in total. The molecule has 2 aromatic carbocycles. The Balaban J connectivity index is 1.34. The van der Waals surface area contributed by atoms with Crippen molar-refractivity contribution in [3.63, 3.8) is 0 Å². The molecule has 0 radical (unpaired) electrons. The number of rotatable bonds is 4. The molecule has 29 heavy (non-hydrogen) atoms. The number of piperidine rings is 1. The molecule has 154 valence electrons. The number of carbonyl (C=O) groups is 1. The average molecular weight is 393 g/mol. The van der Waals surface area contributed by atoms with Crippen LogP contribution in [0.2, 0.25) is 0 Å². The minimum Gasteiger partial charge on any atom is -0.491 e. The van der Waals surface area contributed by atoms with E-state index in [-0.39, 0.29) is 5.91 Å². The zero-order valence-electron chi connectivity index (χ0n) is 17.4. The molecule has 0 saturated carbocycles. The maximum atomic E-state index is 12.7. The summed E-state index contributed by atoms with van der Waals surface area (Å²) in [7, 11) is 0. The summed E-state index contributed by atoms with van der Waals surface area (Å²) in [5, 5.41) is 3.09. The van der Waals surface area contributed by atoms with Crippen LogP contribution < -0.4 is 10.1 Å². The maximum absolute atomic E-state index is 12.7. The van der Waals surface area contributed by atoms with Gasteiger partial charge in [-0.25, -0.2) is 0 Å². The molecule has 1 fully saturated rings. The minimum absolute atomic E-state index is 0.120. The summed E-state index contributed by atoms with van der Waals surface area (Å²) in [5.74, 6) is 1.89. The molecular formula is C25H32N2O2. The van der Waals surface area contributed by atoms with Gasteiger partial charge in [-0.3, -0.25) is 4.79 Å². The van der Waals surface area contributed by atoms with Gasteiger partial charge in [-0.1, -0.05) is 36.4 Å². The third-order valence-electron chi connectivity index (χ3n) is 6.36. The Bertz CT molecular complexity index is 821. The van der Waals surface area contributed by atoms with Crippen LogP contribution >= 0.6 is 0 Å². The molecule has 2 atom stereocenters. The summed E-state index contributed by atoms with van der Waals surface area (Å²) in [6, 6.07) is 16.7. The summed E-state index contributed by atoms with van der Waals surface area (Å²) >= 11 is 0. The van der Waals surface area contributed by atoms with Crippen molar-refractivity contribution in [2.45, 2.75) is 39.0 Å². The first-order valence-corrected chi connectivity index (χ1v) is 11.0. The number of benzene rings is 2. The predicted octanol–water partition coefficient (Wildman–Crippen LogP) is 4.68. The van der Waals surface area contributed by atoms with Crippen molar-refractivity contribution in [2.75, 3.05) is 31.6 Å². The van der Waals surface area contributed by atoms with Gasteiger partial charge >= 0.3 is 0 Å². The average Bonchev–Trinajstić information content (AvgIpc) is 2.72. The molecule has 1 N–H and O–H groups in total. The van der Waals surface area contributed by atoms with Crippen LogP contribution in [0.4, 0.5) is 5.69 Å². The van der Waals surface area contributed by atoms with Crippen LogP contribution in [0.3, 0.4) is 0 Å². The Morgan fingerprint density at radius 1 is 1.10 bits per heavy atom. The smallest absolute Gasteiger partial charge is 0.224 e. The third kappa shape index (κ3) is 5.39. The lowest BCUT2D eigenvalue weighted by atomic mass is 9.81. The molecule has 0 aliphatic carbocycles. The lowest BCUT2D eigenvalue weighted by Crippen LogP contribution is -2.42. The van der Waals surface area contributed by atoms with E-state index >= 15 is 0 Å². The highest BCUT2D eigenvalue weighted by molar-refractivity contribution is 5.92. The zero-order valence-corrected chi connectivity index (χ0v) is 17.4. The number of aryl methyl sites for hydroxylation is 2. The normalized spacial score (nSPS) is 22.7. The van der Waals surface area contributed by atoms with Crippen molar-refractivity contribution < 1.29 is 9.53 Å². The highest BCUT2D eigenvalue weighted by atomic mass is 16.5. The van der Waals surface area contributed by atoms with Crippen LogP contribution in [0.1, 0.15) is 36.8 Å². The van der Waals surface area contributed by atoms with E-state index in [1.54, 1.807) is 0 Å². The largest absolute Gasteiger partial charge is 0.491 e. The van der Waals surface area contributed by atoms with Crippen molar-refractivity contribution in [3.05, 3.63) is 59.7 Å². The third-order valence-corrected chi connectivity index (χ3v) is 6.36. The number of ether oxygens (including phenoxy) is 1. The van der Waals surface area contributed by atoms with E-state index in [0.29, 0.717) is 24.9 Å². The Hall–Kier alpha value is -2.33. The topological polar surface area (TPSA) is 41.6 Å². The quantitative estimate of drug-likeness (QED) is 0.822. The van der Waals surface area contributed by atoms with Gasteiger partial charge in [0.25, 0.3) is 0 Å². The molecule has 4 heteroatoms. The fourth-order valence-corrected chi connectivity index (χ4v) is 4.73. The molecule has 0 bridgehead atoms. The van der Waals surface area contributed by atoms with Gasteiger partial charge in [0, 0.05) is 13.0 Å². The lowest BCUT2D eigenvalue weighted by Gasteiger charge is -2.39. The fraction of sp³-hybridized carbons (Fsp3) is 0.480. The fourth-order valence-electron chi connectivity index (χ4n) is 4.73. The number of amides is 1. The first-order chi connectivity index (χ1) is 14.2. The monoisotopic (exact) mass is 392 g/mol. The second-order valence-electron chi connectivity index (χ2n) is 8.59. The summed E-state index contributed by atoms with van der Waals surface area (Å²) in [6.45, 7) is 6.06. The number of fused-ring (bicyclic) bond motifs is 2. The molecule has 4 rings (SSSR count). The van der Waals surface area contributed by atoms with Crippen LogP contribution in [-0.4, -0.2) is 37.0 Å². The first-order valence-electron chi connectivity index (χ1n) is 11.0. The summed E-state index contributed by atoms with van der Waals surface area (Å²) in [6.07, 6.45) is 5.05. The first kappa shape index (κ1) is 20.0. The SMILES string of the molecule is Cc1ccc2c(c1)NC(=O)C[C@@H]1CCN(CCCc3ccccc3)C[C@@H]1CCO2. The van der Waals surface area contributed by atoms with Crippen LogP contribution in [-0.2, 0) is 11.2 Å². The van der Waals surface area contributed by atoms with Gasteiger partial charge < -0.3 is 15.0 Å². The van der Waals surface area contributed by atoms with E-state index in [1.165, 1.54) is 12.0 Å². The number of hydrogen-bond acceptors (Lipinski definition) is 3. The van der Waals surface area contributed by atoms with Gasteiger partial charge in [-0.05, 0) is 80.8 Å². The Morgan fingerprint density at radius 2 is 1.97 bits per heavy atom. The molecule has 1 saturated heterocycles. The molecule has 0 aromatic heterocycles. The van der Waals surface area contributed by atoms with Crippen LogP contribution in [0, 0.1) is 18.8 Å². The number of carbonyl (C=O) groups excluding carboxylic acids is 1. The molecule has 2 aliphatic rings. The van der Waals surface area contributed by atoms with Crippen LogP contribution in [0.5, 0.6) is 5.75 Å². The summed E-state index contributed by atoms with van der Waals surface area (Å²) in [5.41, 5.74) is 3.36. The van der Waals surface area contributed by atoms with E-state index < -0.39 is 0 Å². The van der Waals surface area contributed by atoms with E-state index in [9.17, 15) is 4.79 Å². The van der Waals surface area contributed by atoms with Gasteiger partial charge in [0.05, 0.1) is 12.3 Å². The number of nitrogens with zero attached hydrogens (tertiary/aromatic N) is 1. The molecule has 2 aliphatic heterocycles. The highest BCUT2D eigenvalue weighted by Gasteiger charge is 2.31. The highest BCUT2D eigenvalue weighted by Crippen LogP contribution is 2.33. The van der Waals surface area contributed by atoms with E-state index in [0.717, 1.165) is 55.9 Å². The van der Waals surface area contributed by atoms with Gasteiger partial charge in [0.1, 0.15) is 5.75 Å². The Labute approximate surface area is 174 Å². The van der Waals surface area contributed by atoms with Gasteiger partial charge in [0.2, 0.25) is 5.91 Å². The van der Waals surface area contributed by atoms with Crippen molar-refractivity contribution in [1.82, 2.24) is 4.90 Å². The number of hydrogen-bond donors (Lipinski definition) is 1. The lowest BCUT2D eigenvalue weighted by molar-refractivity contribution is -0.118. The zero-order chi connectivity index (χ0) is 20.1. The van der Waals surface area contributed by atoms with Gasteiger partial charge in [-0.2, -0.15) is 0 Å². The van der Waals surface area contributed by atoms with E-state index in [1.807, 2.05) is 25.1 Å². The second-order valence-corrected chi connectivity index (χ2v) is 8.59. The number of nitrogens with one attached hydrogen (secondary N) is 1. The minimum atomic E-state index is 0.120. The van der Waals surface area contributed by atoms with Crippen LogP contribution in [0.15, 0.2) is 48.5 Å². The van der Waals surface area contributed by atoms with E-state index in [2.05, 4.69) is 40.5 Å². The van der Waals surface area contributed by atoms with Crippen molar-refractivity contribution >= 4 is 11.6 Å². The van der Waals surface area contributed by atoms with Gasteiger partial charge in [0.15, 0.2) is 0 Å². The Morgan fingerprint density at radius 3 is 2.83 bits per heavy atom. The number of anilines is 1. The maximum Gasteiger partial charge on any atom is 0.224 e. The summed E-state index contributed by atoms with van der Waals surface area (Å²) < 4.78 is 6.06. The second kappa shape index (κ2) is 9.45. The van der Waals surface area contributed by atoms with Crippen molar-refractivity contribution in [3.8, 4) is 5.75 Å². The molecule has 1 amide bonds. The van der Waals surface area contributed by atoms with E-state index in [4.69, 9.17) is 4.74 Å². The molecule has 2 aromatic rings. The predicted molar refractivity (Wildman–Crippen MR) is 117 cm³/mol. The number of likely N-dealkylation sites (tertiary alicyclic amines) is 1. The molecular weight excluding hydrogens is 360 g/mol. The van der Waals surface area contributed by atoms with Crippen LogP contribution in [0.25, 0.3) is 0 Å².